The highest BCUT2D eigenvalue weighted by Gasteiger charge is 2.30. The van der Waals surface area contributed by atoms with Gasteiger partial charge in [-0.25, -0.2) is 9.37 Å². The number of amides is 1. The number of thiazole rings is 1. The summed E-state index contributed by atoms with van der Waals surface area (Å²) >= 11 is 1.45. The fourth-order valence-electron chi connectivity index (χ4n) is 3.55. The van der Waals surface area contributed by atoms with Crippen LogP contribution in [0.25, 0.3) is 10.6 Å². The van der Waals surface area contributed by atoms with Crippen LogP contribution < -0.4 is 0 Å². The molecule has 1 aliphatic rings. The van der Waals surface area contributed by atoms with Gasteiger partial charge in [0.05, 0.1) is 11.7 Å². The van der Waals surface area contributed by atoms with E-state index in [0.29, 0.717) is 18.0 Å². The predicted octanol–water partition coefficient (Wildman–Crippen LogP) is 4.39. The summed E-state index contributed by atoms with van der Waals surface area (Å²) in [5.74, 6) is -0.221. The second kappa shape index (κ2) is 7.81. The first-order valence-electron chi connectivity index (χ1n) is 9.31. The largest absolute Gasteiger partial charge is 0.335 e. The Hall–Kier alpha value is -2.57. The minimum Gasteiger partial charge on any atom is -0.335 e. The van der Waals surface area contributed by atoms with Crippen LogP contribution in [0.15, 0.2) is 54.6 Å². The Morgan fingerprint density at radius 1 is 1.11 bits per heavy atom. The summed E-state index contributed by atoms with van der Waals surface area (Å²) in [6.07, 6.45) is 0. The average molecular weight is 396 g/mol. The molecule has 4 nitrogen and oxygen atoms in total. The number of rotatable bonds is 3. The normalized spacial score (nSPS) is 17.7. The van der Waals surface area contributed by atoms with Gasteiger partial charge in [-0.05, 0) is 31.7 Å². The molecule has 1 fully saturated rings. The Morgan fingerprint density at radius 2 is 1.82 bits per heavy atom. The minimum absolute atomic E-state index is 0.0254. The first kappa shape index (κ1) is 18.8. The van der Waals surface area contributed by atoms with Crippen LogP contribution in [0.3, 0.4) is 0 Å². The van der Waals surface area contributed by atoms with Gasteiger partial charge in [-0.2, -0.15) is 0 Å². The summed E-state index contributed by atoms with van der Waals surface area (Å²) in [5, 5.41) is 0.866. The van der Waals surface area contributed by atoms with E-state index in [4.69, 9.17) is 0 Å². The summed E-state index contributed by atoms with van der Waals surface area (Å²) in [6.45, 7) is 3.92. The Kier molecular flexibility index (Phi) is 5.24. The van der Waals surface area contributed by atoms with Crippen LogP contribution in [-0.2, 0) is 0 Å². The summed E-state index contributed by atoms with van der Waals surface area (Å²) in [5.41, 5.74) is 2.82. The number of likely N-dealkylation sites (N-methyl/N-ethyl adjacent to an activating group) is 1. The number of nitrogens with zero attached hydrogens (tertiary/aromatic N) is 3. The number of halogens is 1. The first-order valence-corrected chi connectivity index (χ1v) is 10.1. The molecule has 2 aromatic carbocycles. The highest BCUT2D eigenvalue weighted by molar-refractivity contribution is 7.17. The number of carbonyl (C=O) groups is 1. The molecule has 1 amide bonds. The number of carbonyl (C=O) groups excluding carboxylic acids is 1. The SMILES string of the molecule is Cc1nc(-c2ccccc2)sc1C(=O)N1CCN(C)C(c2ccc(F)cc2)C1. The molecule has 1 atom stereocenters. The van der Waals surface area contributed by atoms with E-state index in [2.05, 4.69) is 9.88 Å². The Balaban J connectivity index is 1.56. The van der Waals surface area contributed by atoms with Crippen LogP contribution >= 0.6 is 11.3 Å². The molecule has 0 saturated carbocycles. The van der Waals surface area contributed by atoms with Gasteiger partial charge in [0.15, 0.2) is 0 Å². The Labute approximate surface area is 168 Å². The smallest absolute Gasteiger partial charge is 0.265 e. The van der Waals surface area contributed by atoms with E-state index in [1.54, 1.807) is 12.1 Å². The van der Waals surface area contributed by atoms with Crippen molar-refractivity contribution in [3.63, 3.8) is 0 Å². The van der Waals surface area contributed by atoms with E-state index in [-0.39, 0.29) is 17.8 Å². The van der Waals surface area contributed by atoms with Crippen LogP contribution in [0.1, 0.15) is 27.0 Å². The third kappa shape index (κ3) is 3.70. The van der Waals surface area contributed by atoms with Crippen molar-refractivity contribution >= 4 is 17.2 Å². The average Bonchev–Trinajstić information content (AvgIpc) is 3.11. The Bertz CT molecular complexity index is 971. The lowest BCUT2D eigenvalue weighted by atomic mass is 10.0. The highest BCUT2D eigenvalue weighted by Crippen LogP contribution is 2.31. The second-order valence-electron chi connectivity index (χ2n) is 7.10. The van der Waals surface area contributed by atoms with E-state index < -0.39 is 0 Å². The highest BCUT2D eigenvalue weighted by atomic mass is 32.1. The molecule has 0 bridgehead atoms. The quantitative estimate of drug-likeness (QED) is 0.660. The lowest BCUT2D eigenvalue weighted by Gasteiger charge is -2.39. The van der Waals surface area contributed by atoms with Crippen molar-refractivity contribution in [2.75, 3.05) is 26.7 Å². The molecule has 28 heavy (non-hydrogen) atoms. The van der Waals surface area contributed by atoms with Crippen LogP contribution in [-0.4, -0.2) is 47.4 Å². The standard InChI is InChI=1S/C22H22FN3OS/c1-15-20(28-21(24-15)17-6-4-3-5-7-17)22(27)26-13-12-25(2)19(14-26)16-8-10-18(23)11-9-16/h3-11,19H,12-14H2,1-2H3. The summed E-state index contributed by atoms with van der Waals surface area (Å²) in [4.78, 5) is 22.6. The molecule has 6 heteroatoms. The minimum atomic E-state index is -0.246. The van der Waals surface area contributed by atoms with Crippen LogP contribution in [0.5, 0.6) is 0 Å². The maximum Gasteiger partial charge on any atom is 0.265 e. The molecule has 4 rings (SSSR count). The van der Waals surface area contributed by atoms with Gasteiger partial charge in [0.1, 0.15) is 15.7 Å². The van der Waals surface area contributed by atoms with E-state index >= 15 is 0 Å². The van der Waals surface area contributed by atoms with Gasteiger partial charge in [-0.15, -0.1) is 11.3 Å². The number of piperazine rings is 1. The van der Waals surface area contributed by atoms with Crippen molar-refractivity contribution in [3.8, 4) is 10.6 Å². The van der Waals surface area contributed by atoms with Gasteiger partial charge in [-0.3, -0.25) is 9.69 Å². The molecule has 144 valence electrons. The van der Waals surface area contributed by atoms with Gasteiger partial charge in [0.25, 0.3) is 5.91 Å². The zero-order chi connectivity index (χ0) is 19.7. The molecular formula is C22H22FN3OS. The van der Waals surface area contributed by atoms with Gasteiger partial charge in [0, 0.05) is 25.2 Å². The number of aryl methyl sites for hydroxylation is 1. The molecular weight excluding hydrogens is 373 g/mol. The lowest BCUT2D eigenvalue weighted by Crippen LogP contribution is -2.49. The molecule has 1 aromatic heterocycles. The molecule has 1 unspecified atom stereocenters. The van der Waals surface area contributed by atoms with Crippen molar-refractivity contribution in [1.82, 2.24) is 14.8 Å². The summed E-state index contributed by atoms with van der Waals surface area (Å²) in [6, 6.07) is 16.5. The molecule has 1 saturated heterocycles. The third-order valence-electron chi connectivity index (χ3n) is 5.20. The van der Waals surface area contributed by atoms with Gasteiger partial charge in [0.2, 0.25) is 0 Å². The topological polar surface area (TPSA) is 36.4 Å². The van der Waals surface area contributed by atoms with Crippen molar-refractivity contribution in [2.45, 2.75) is 13.0 Å². The van der Waals surface area contributed by atoms with Crippen LogP contribution in [0.4, 0.5) is 4.39 Å². The molecule has 0 N–H and O–H groups in total. The molecule has 2 heterocycles. The number of hydrogen-bond donors (Lipinski definition) is 0. The van der Waals surface area contributed by atoms with Gasteiger partial charge < -0.3 is 4.90 Å². The van der Waals surface area contributed by atoms with Gasteiger partial charge >= 0.3 is 0 Å². The number of benzene rings is 2. The molecule has 0 spiro atoms. The van der Waals surface area contributed by atoms with Crippen molar-refractivity contribution in [1.29, 1.82) is 0 Å². The number of hydrogen-bond acceptors (Lipinski definition) is 4. The molecule has 1 aliphatic heterocycles. The predicted molar refractivity (Wildman–Crippen MR) is 110 cm³/mol. The fourth-order valence-corrected chi connectivity index (χ4v) is 4.59. The molecule has 0 aliphatic carbocycles. The zero-order valence-electron chi connectivity index (χ0n) is 15.9. The van der Waals surface area contributed by atoms with E-state index in [1.165, 1.54) is 23.5 Å². The van der Waals surface area contributed by atoms with Crippen LogP contribution in [0, 0.1) is 12.7 Å². The zero-order valence-corrected chi connectivity index (χ0v) is 16.7. The lowest BCUT2D eigenvalue weighted by molar-refractivity contribution is 0.0550. The maximum atomic E-state index is 13.3. The van der Waals surface area contributed by atoms with Crippen molar-refractivity contribution < 1.29 is 9.18 Å². The summed E-state index contributed by atoms with van der Waals surface area (Å²) < 4.78 is 13.3. The van der Waals surface area contributed by atoms with E-state index in [0.717, 1.165) is 28.4 Å². The van der Waals surface area contributed by atoms with Gasteiger partial charge in [-0.1, -0.05) is 42.5 Å². The molecule has 0 radical (unpaired) electrons. The molecule has 3 aromatic rings. The Morgan fingerprint density at radius 3 is 2.54 bits per heavy atom. The first-order chi connectivity index (χ1) is 13.5. The van der Waals surface area contributed by atoms with Crippen molar-refractivity contribution in [3.05, 3.63) is 76.5 Å². The van der Waals surface area contributed by atoms with E-state index in [1.807, 2.05) is 49.2 Å². The monoisotopic (exact) mass is 395 g/mol. The third-order valence-corrected chi connectivity index (χ3v) is 6.40. The van der Waals surface area contributed by atoms with E-state index in [9.17, 15) is 9.18 Å². The second-order valence-corrected chi connectivity index (χ2v) is 8.10. The van der Waals surface area contributed by atoms with Crippen LogP contribution in [0.2, 0.25) is 0 Å². The summed E-state index contributed by atoms with van der Waals surface area (Å²) in [7, 11) is 2.04. The number of aromatic nitrogens is 1. The fraction of sp³-hybridized carbons (Fsp3) is 0.273. The maximum absolute atomic E-state index is 13.3. The van der Waals surface area contributed by atoms with Crippen molar-refractivity contribution in [2.24, 2.45) is 0 Å².